The minimum absolute atomic E-state index is 0.298. The van der Waals surface area contributed by atoms with Crippen molar-refractivity contribution in [3.63, 3.8) is 0 Å². The Morgan fingerprint density at radius 2 is 2.05 bits per heavy atom. The van der Waals surface area contributed by atoms with Gasteiger partial charge in [-0.2, -0.15) is 0 Å². The number of allylic oxidation sites excluding steroid dienone is 6. The van der Waals surface area contributed by atoms with E-state index in [1.165, 1.54) is 16.5 Å². The summed E-state index contributed by atoms with van der Waals surface area (Å²) in [5.74, 6) is -0.298. The molecule has 1 aromatic heterocycles. The van der Waals surface area contributed by atoms with Crippen molar-refractivity contribution < 1.29 is 9.53 Å². The van der Waals surface area contributed by atoms with Gasteiger partial charge in [0.05, 0.1) is 6.61 Å². The molecule has 1 heterocycles. The summed E-state index contributed by atoms with van der Waals surface area (Å²) in [6, 6.07) is 2.12. The van der Waals surface area contributed by atoms with Crippen molar-refractivity contribution in [2.75, 3.05) is 6.61 Å². The van der Waals surface area contributed by atoms with Gasteiger partial charge in [0, 0.05) is 11.0 Å². The lowest BCUT2D eigenvalue weighted by molar-refractivity contribution is -0.137. The lowest BCUT2D eigenvalue weighted by atomic mass is 10.2. The number of carbonyl (C=O) groups excluding carboxylic acids is 1. The molecule has 112 valence electrons. The van der Waals surface area contributed by atoms with Crippen LogP contribution < -0.4 is 0 Å². The monoisotopic (exact) mass is 302 g/mol. The summed E-state index contributed by atoms with van der Waals surface area (Å²) >= 11 is 1.74. The first-order valence-corrected chi connectivity index (χ1v) is 7.83. The predicted molar refractivity (Wildman–Crippen MR) is 91.4 cm³/mol. The number of rotatable bonds is 6. The second-order valence-electron chi connectivity index (χ2n) is 4.71. The van der Waals surface area contributed by atoms with Crippen LogP contribution in [0.3, 0.4) is 0 Å². The van der Waals surface area contributed by atoms with E-state index < -0.39 is 0 Å². The SMILES string of the molecule is CCOC(=O)/C=C(C)/C=C/C=C(C)/C=C/c1sccc1C. The number of thiophene rings is 1. The number of ether oxygens (including phenoxy) is 1. The molecule has 0 aliphatic carbocycles. The molecule has 21 heavy (non-hydrogen) atoms. The van der Waals surface area contributed by atoms with Crippen LogP contribution in [0.15, 0.2) is 53.0 Å². The van der Waals surface area contributed by atoms with Crippen molar-refractivity contribution in [1.29, 1.82) is 0 Å². The van der Waals surface area contributed by atoms with Crippen LogP contribution >= 0.6 is 11.3 Å². The highest BCUT2D eigenvalue weighted by molar-refractivity contribution is 7.11. The maximum atomic E-state index is 11.3. The van der Waals surface area contributed by atoms with Crippen molar-refractivity contribution in [2.24, 2.45) is 0 Å². The van der Waals surface area contributed by atoms with Gasteiger partial charge >= 0.3 is 5.97 Å². The van der Waals surface area contributed by atoms with Crippen molar-refractivity contribution in [2.45, 2.75) is 27.7 Å². The Morgan fingerprint density at radius 3 is 2.67 bits per heavy atom. The first-order valence-electron chi connectivity index (χ1n) is 6.95. The Labute approximate surface area is 131 Å². The second-order valence-corrected chi connectivity index (χ2v) is 5.66. The largest absolute Gasteiger partial charge is 0.463 e. The summed E-state index contributed by atoms with van der Waals surface area (Å²) in [5, 5.41) is 2.09. The Hall–Kier alpha value is -1.87. The van der Waals surface area contributed by atoms with E-state index in [9.17, 15) is 4.79 Å². The molecule has 1 rings (SSSR count). The minimum Gasteiger partial charge on any atom is -0.463 e. The molecule has 0 spiro atoms. The Balaban J connectivity index is 2.59. The molecule has 0 unspecified atom stereocenters. The number of carbonyl (C=O) groups is 1. The molecule has 2 nitrogen and oxygen atoms in total. The van der Waals surface area contributed by atoms with Gasteiger partial charge in [0.2, 0.25) is 0 Å². The van der Waals surface area contributed by atoms with Crippen molar-refractivity contribution in [3.8, 4) is 0 Å². The van der Waals surface area contributed by atoms with Crippen LogP contribution in [-0.4, -0.2) is 12.6 Å². The van der Waals surface area contributed by atoms with E-state index in [1.807, 2.05) is 32.1 Å². The third-order valence-electron chi connectivity index (χ3n) is 2.75. The van der Waals surface area contributed by atoms with Crippen LogP contribution in [0.2, 0.25) is 0 Å². The van der Waals surface area contributed by atoms with Gasteiger partial charge in [-0.25, -0.2) is 4.79 Å². The highest BCUT2D eigenvalue weighted by Gasteiger charge is 1.95. The fraction of sp³-hybridized carbons (Fsp3) is 0.278. The molecule has 0 saturated carbocycles. The van der Waals surface area contributed by atoms with Crippen LogP contribution in [0.4, 0.5) is 0 Å². The first kappa shape index (κ1) is 17.2. The van der Waals surface area contributed by atoms with Crippen LogP contribution in [0.25, 0.3) is 6.08 Å². The third-order valence-corrected chi connectivity index (χ3v) is 3.73. The molecule has 0 radical (unpaired) electrons. The summed E-state index contributed by atoms with van der Waals surface area (Å²) < 4.78 is 4.86. The maximum Gasteiger partial charge on any atom is 0.330 e. The minimum atomic E-state index is -0.298. The van der Waals surface area contributed by atoms with E-state index >= 15 is 0 Å². The molecule has 0 N–H and O–H groups in total. The van der Waals surface area contributed by atoms with Gasteiger partial charge in [0.1, 0.15) is 0 Å². The molecule has 0 amide bonds. The lowest BCUT2D eigenvalue weighted by Crippen LogP contribution is -1.99. The molecule has 3 heteroatoms. The van der Waals surface area contributed by atoms with E-state index in [-0.39, 0.29) is 5.97 Å². The van der Waals surface area contributed by atoms with Gasteiger partial charge < -0.3 is 4.74 Å². The van der Waals surface area contributed by atoms with E-state index in [2.05, 4.69) is 30.5 Å². The summed E-state index contributed by atoms with van der Waals surface area (Å²) in [4.78, 5) is 12.5. The molecule has 1 aromatic rings. The average Bonchev–Trinajstić information content (AvgIpc) is 2.82. The molecule has 0 saturated heterocycles. The van der Waals surface area contributed by atoms with E-state index in [1.54, 1.807) is 18.3 Å². The topological polar surface area (TPSA) is 26.3 Å². The second kappa shape index (κ2) is 9.14. The Morgan fingerprint density at radius 1 is 1.29 bits per heavy atom. The van der Waals surface area contributed by atoms with Gasteiger partial charge in [-0.3, -0.25) is 0 Å². The smallest absolute Gasteiger partial charge is 0.330 e. The van der Waals surface area contributed by atoms with Crippen molar-refractivity contribution in [3.05, 3.63) is 63.4 Å². The van der Waals surface area contributed by atoms with Gasteiger partial charge in [0.15, 0.2) is 0 Å². The maximum absolute atomic E-state index is 11.3. The molecular weight excluding hydrogens is 280 g/mol. The molecule has 0 aromatic carbocycles. The van der Waals surface area contributed by atoms with E-state index in [4.69, 9.17) is 4.74 Å². The molecule has 0 aliphatic heterocycles. The van der Waals surface area contributed by atoms with Gasteiger partial charge in [-0.1, -0.05) is 29.9 Å². The van der Waals surface area contributed by atoms with Crippen LogP contribution in [0.1, 0.15) is 31.2 Å². The van der Waals surface area contributed by atoms with Crippen molar-refractivity contribution >= 4 is 23.4 Å². The van der Waals surface area contributed by atoms with Gasteiger partial charge in [-0.15, -0.1) is 11.3 Å². The lowest BCUT2D eigenvalue weighted by Gasteiger charge is -1.96. The standard InChI is InChI=1S/C18H22O2S/c1-5-20-18(19)13-15(3)8-6-7-14(2)9-10-17-16(4)11-12-21-17/h6-13H,5H2,1-4H3/b8-6+,10-9+,14-7+,15-13+. The average molecular weight is 302 g/mol. The highest BCUT2D eigenvalue weighted by Crippen LogP contribution is 2.17. The summed E-state index contributed by atoms with van der Waals surface area (Å²) in [6.45, 7) is 8.23. The first-order chi connectivity index (χ1) is 10.0. The predicted octanol–water partition coefficient (Wildman–Crippen LogP) is 5.08. The zero-order valence-corrected chi connectivity index (χ0v) is 13.9. The summed E-state index contributed by atoms with van der Waals surface area (Å²) in [6.07, 6.45) is 11.6. The quantitative estimate of drug-likeness (QED) is 0.416. The molecule has 0 fully saturated rings. The molecular formula is C18H22O2S. The van der Waals surface area contributed by atoms with Crippen molar-refractivity contribution in [1.82, 2.24) is 0 Å². The van der Waals surface area contributed by atoms with Crippen LogP contribution in [0, 0.1) is 6.92 Å². The Kier molecular flexibility index (Phi) is 7.48. The number of aryl methyl sites for hydroxylation is 1. The summed E-state index contributed by atoms with van der Waals surface area (Å²) in [7, 11) is 0. The number of esters is 1. The normalized spacial score (nSPS) is 13.3. The highest BCUT2D eigenvalue weighted by atomic mass is 32.1. The fourth-order valence-electron chi connectivity index (χ4n) is 1.59. The van der Waals surface area contributed by atoms with Gasteiger partial charge in [0.25, 0.3) is 0 Å². The van der Waals surface area contributed by atoms with Crippen LogP contribution in [-0.2, 0) is 9.53 Å². The fourth-order valence-corrected chi connectivity index (χ4v) is 2.41. The van der Waals surface area contributed by atoms with Gasteiger partial charge in [-0.05, 0) is 56.4 Å². The summed E-state index contributed by atoms with van der Waals surface area (Å²) in [5.41, 5.74) is 3.33. The molecule has 0 atom stereocenters. The van der Waals surface area contributed by atoms with E-state index in [0.717, 1.165) is 11.1 Å². The Bertz CT molecular complexity index is 586. The number of hydrogen-bond donors (Lipinski definition) is 0. The zero-order chi connectivity index (χ0) is 15.7. The van der Waals surface area contributed by atoms with Crippen LogP contribution in [0.5, 0.6) is 0 Å². The molecule has 0 bridgehead atoms. The van der Waals surface area contributed by atoms with E-state index in [0.29, 0.717) is 6.61 Å². The molecule has 0 aliphatic rings. The third kappa shape index (κ3) is 6.91. The zero-order valence-electron chi connectivity index (χ0n) is 13.1. The number of hydrogen-bond acceptors (Lipinski definition) is 3.